The molecule has 134 valence electrons. The van der Waals surface area contributed by atoms with E-state index in [4.69, 9.17) is 27.9 Å². The Labute approximate surface area is 163 Å². The average molecular weight is 409 g/mol. The van der Waals surface area contributed by atoms with Crippen molar-refractivity contribution in [2.24, 2.45) is 0 Å². The fourth-order valence-electron chi connectivity index (χ4n) is 2.39. The third-order valence-electron chi connectivity index (χ3n) is 3.64. The molecule has 5 nitrogen and oxygen atoms in total. The van der Waals surface area contributed by atoms with Crippen LogP contribution in [-0.4, -0.2) is 23.8 Å². The molecule has 1 aromatic heterocycles. The van der Waals surface area contributed by atoms with Gasteiger partial charge in [-0.3, -0.25) is 9.59 Å². The highest BCUT2D eigenvalue weighted by Crippen LogP contribution is 2.28. The van der Waals surface area contributed by atoms with Crippen LogP contribution in [0.15, 0.2) is 36.4 Å². The quantitative estimate of drug-likeness (QED) is 0.568. The van der Waals surface area contributed by atoms with Gasteiger partial charge in [-0.2, -0.15) is 0 Å². The Hall–Kier alpha value is -2.15. The first-order valence-corrected chi connectivity index (χ1v) is 9.26. The average Bonchev–Trinajstić information content (AvgIpc) is 3.00. The molecule has 8 heteroatoms. The zero-order valence-corrected chi connectivity index (χ0v) is 16.0. The molecule has 0 aliphatic rings. The van der Waals surface area contributed by atoms with Crippen molar-refractivity contribution in [2.45, 2.75) is 12.8 Å². The van der Waals surface area contributed by atoms with Gasteiger partial charge in [-0.25, -0.2) is 4.98 Å². The number of benzene rings is 2. The lowest BCUT2D eigenvalue weighted by Crippen LogP contribution is -2.13. The number of carbonyl (C=O) groups excluding carboxylic acids is 2. The Balaban J connectivity index is 1.63. The number of hydrogen-bond acceptors (Lipinski definition) is 5. The molecule has 0 unspecified atom stereocenters. The monoisotopic (exact) mass is 408 g/mol. The maximum absolute atomic E-state index is 12.4. The zero-order valence-electron chi connectivity index (χ0n) is 13.7. The van der Waals surface area contributed by atoms with E-state index < -0.39 is 0 Å². The number of methoxy groups -OCH3 is 1. The highest BCUT2D eigenvalue weighted by atomic mass is 35.5. The Morgan fingerprint density at radius 2 is 1.85 bits per heavy atom. The fourth-order valence-corrected chi connectivity index (χ4v) is 3.72. The number of halogens is 2. The van der Waals surface area contributed by atoms with E-state index in [0.29, 0.717) is 26.5 Å². The number of aromatic nitrogens is 1. The molecule has 0 spiro atoms. The van der Waals surface area contributed by atoms with E-state index in [9.17, 15) is 9.59 Å². The van der Waals surface area contributed by atoms with Gasteiger partial charge in [-0.05, 0) is 36.4 Å². The summed E-state index contributed by atoms with van der Waals surface area (Å²) < 4.78 is 6.05. The van der Waals surface area contributed by atoms with E-state index in [1.807, 2.05) is 0 Å². The second-order valence-corrected chi connectivity index (χ2v) is 7.35. The highest BCUT2D eigenvalue weighted by Gasteiger charge is 2.15. The number of nitrogens with one attached hydrogen (secondary N) is 1. The molecule has 0 radical (unpaired) electrons. The number of Topliss-reactive ketones (excluding diaryl/α,β-unsaturated/α-hetero) is 1. The normalized spacial score (nSPS) is 10.7. The Kier molecular flexibility index (Phi) is 5.76. The lowest BCUT2D eigenvalue weighted by Gasteiger charge is -2.08. The zero-order chi connectivity index (χ0) is 18.7. The first-order valence-electron chi connectivity index (χ1n) is 7.69. The fraction of sp³-hybridized carbons (Fsp3) is 0.167. The molecule has 0 atom stereocenters. The van der Waals surface area contributed by atoms with Crippen LogP contribution in [0.25, 0.3) is 10.2 Å². The minimum Gasteiger partial charge on any atom is -0.496 e. The maximum atomic E-state index is 12.4. The van der Waals surface area contributed by atoms with Crippen LogP contribution >= 0.6 is 34.5 Å². The molecule has 3 aromatic rings. The molecule has 0 saturated heterocycles. The SMILES string of the molecule is COc1ccc(Cl)cc1C(=O)CCC(=O)Nc1nc2ccc(Cl)cc2s1. The Morgan fingerprint density at radius 1 is 1.12 bits per heavy atom. The number of nitrogens with zero attached hydrogens (tertiary/aromatic N) is 1. The van der Waals surface area contributed by atoms with Gasteiger partial charge in [0.05, 0.1) is 22.9 Å². The molecule has 0 aliphatic carbocycles. The summed E-state index contributed by atoms with van der Waals surface area (Å²) in [6.45, 7) is 0. The standard InChI is InChI=1S/C18H14Cl2N2O3S/c1-25-15-6-3-10(19)8-12(15)14(23)5-7-17(24)22-18-21-13-4-2-11(20)9-16(13)26-18/h2-4,6,8-9H,5,7H2,1H3,(H,21,22,24). The number of ether oxygens (including phenoxy) is 1. The predicted octanol–water partition coefficient (Wildman–Crippen LogP) is 5.21. The summed E-state index contributed by atoms with van der Waals surface area (Å²) in [6, 6.07) is 10.1. The number of hydrogen-bond donors (Lipinski definition) is 1. The molecular weight excluding hydrogens is 395 g/mol. The van der Waals surface area contributed by atoms with Crippen molar-refractivity contribution in [3.8, 4) is 5.75 Å². The second-order valence-electron chi connectivity index (χ2n) is 5.45. The smallest absolute Gasteiger partial charge is 0.226 e. The number of rotatable bonds is 6. The third kappa shape index (κ3) is 4.33. The summed E-state index contributed by atoms with van der Waals surface area (Å²) in [4.78, 5) is 28.8. The molecule has 3 rings (SSSR count). The number of carbonyl (C=O) groups is 2. The van der Waals surface area contributed by atoms with Gasteiger partial charge in [-0.15, -0.1) is 0 Å². The summed E-state index contributed by atoms with van der Waals surface area (Å²) in [5.41, 5.74) is 1.12. The van der Waals surface area contributed by atoms with Gasteiger partial charge in [0.1, 0.15) is 5.75 Å². The van der Waals surface area contributed by atoms with E-state index >= 15 is 0 Å². The van der Waals surface area contributed by atoms with Gasteiger partial charge in [0.25, 0.3) is 0 Å². The highest BCUT2D eigenvalue weighted by molar-refractivity contribution is 7.22. The minimum atomic E-state index is -0.288. The van der Waals surface area contributed by atoms with Crippen molar-refractivity contribution < 1.29 is 14.3 Å². The summed E-state index contributed by atoms with van der Waals surface area (Å²) in [6.07, 6.45) is 0.0739. The summed E-state index contributed by atoms with van der Waals surface area (Å²) in [7, 11) is 1.48. The van der Waals surface area contributed by atoms with Gasteiger partial charge < -0.3 is 10.1 Å². The third-order valence-corrected chi connectivity index (χ3v) is 5.04. The van der Waals surface area contributed by atoms with Gasteiger partial charge >= 0.3 is 0 Å². The molecule has 0 bridgehead atoms. The van der Waals surface area contributed by atoms with Gasteiger partial charge in [-0.1, -0.05) is 34.5 Å². The molecule has 1 N–H and O–H groups in total. The van der Waals surface area contributed by atoms with Crippen molar-refractivity contribution in [3.05, 3.63) is 52.0 Å². The van der Waals surface area contributed by atoms with Crippen molar-refractivity contribution in [1.82, 2.24) is 4.98 Å². The van der Waals surface area contributed by atoms with Crippen LogP contribution < -0.4 is 10.1 Å². The first kappa shape index (κ1) is 18.6. The molecule has 0 saturated carbocycles. The number of anilines is 1. The topological polar surface area (TPSA) is 68.3 Å². The molecule has 0 fully saturated rings. The van der Waals surface area contributed by atoms with Crippen molar-refractivity contribution in [2.75, 3.05) is 12.4 Å². The van der Waals surface area contributed by atoms with Gasteiger partial charge in [0.2, 0.25) is 5.91 Å². The predicted molar refractivity (Wildman–Crippen MR) is 105 cm³/mol. The van der Waals surface area contributed by atoms with Crippen LogP contribution in [0.3, 0.4) is 0 Å². The molecule has 2 aromatic carbocycles. The summed E-state index contributed by atoms with van der Waals surface area (Å²) in [5, 5.41) is 4.23. The molecule has 1 heterocycles. The van der Waals surface area contributed by atoms with Crippen molar-refractivity contribution in [3.63, 3.8) is 0 Å². The van der Waals surface area contributed by atoms with Crippen LogP contribution in [-0.2, 0) is 4.79 Å². The van der Waals surface area contributed by atoms with Crippen LogP contribution in [0.5, 0.6) is 5.75 Å². The summed E-state index contributed by atoms with van der Waals surface area (Å²) >= 11 is 13.2. The lowest BCUT2D eigenvalue weighted by molar-refractivity contribution is -0.116. The van der Waals surface area contributed by atoms with Crippen molar-refractivity contribution >= 4 is 61.6 Å². The van der Waals surface area contributed by atoms with E-state index in [-0.39, 0.29) is 24.5 Å². The molecule has 1 amide bonds. The van der Waals surface area contributed by atoms with Crippen LogP contribution in [0.1, 0.15) is 23.2 Å². The number of ketones is 1. The van der Waals surface area contributed by atoms with Gasteiger partial charge in [0.15, 0.2) is 10.9 Å². The lowest BCUT2D eigenvalue weighted by atomic mass is 10.1. The van der Waals surface area contributed by atoms with Gasteiger partial charge in [0, 0.05) is 22.9 Å². The van der Waals surface area contributed by atoms with E-state index in [1.54, 1.807) is 30.3 Å². The second kappa shape index (κ2) is 8.03. The number of thiazole rings is 1. The van der Waals surface area contributed by atoms with E-state index in [1.165, 1.54) is 24.5 Å². The largest absolute Gasteiger partial charge is 0.496 e. The maximum Gasteiger partial charge on any atom is 0.226 e. The molecular formula is C18H14Cl2N2O3S. The van der Waals surface area contributed by atoms with Crippen LogP contribution in [0.4, 0.5) is 5.13 Å². The molecule has 26 heavy (non-hydrogen) atoms. The molecule has 0 aliphatic heterocycles. The number of fused-ring (bicyclic) bond motifs is 1. The first-order chi connectivity index (χ1) is 12.5. The van der Waals surface area contributed by atoms with Crippen molar-refractivity contribution in [1.29, 1.82) is 0 Å². The van der Waals surface area contributed by atoms with Crippen LogP contribution in [0.2, 0.25) is 10.0 Å². The Bertz CT molecular complexity index is 988. The van der Waals surface area contributed by atoms with Crippen LogP contribution in [0, 0.1) is 0 Å². The minimum absolute atomic E-state index is 0.0329. The summed E-state index contributed by atoms with van der Waals surface area (Å²) in [5.74, 6) is -0.0667. The number of amides is 1. The van der Waals surface area contributed by atoms with E-state index in [0.717, 1.165) is 10.2 Å². The van der Waals surface area contributed by atoms with E-state index in [2.05, 4.69) is 10.3 Å². The Morgan fingerprint density at radius 3 is 2.62 bits per heavy atom.